The third-order valence-corrected chi connectivity index (χ3v) is 4.75. The summed E-state index contributed by atoms with van der Waals surface area (Å²) >= 11 is 0. The van der Waals surface area contributed by atoms with Crippen LogP contribution in [0.15, 0.2) is 36.7 Å². The van der Waals surface area contributed by atoms with Crippen LogP contribution in [0.5, 0.6) is 0 Å². The van der Waals surface area contributed by atoms with Gasteiger partial charge in [0.2, 0.25) is 0 Å². The average molecular weight is 340 g/mol. The molecule has 26 heavy (non-hydrogen) atoms. The first-order chi connectivity index (χ1) is 12.7. The first-order valence-electron chi connectivity index (χ1n) is 8.37. The highest BCUT2D eigenvalue weighted by atomic mass is 15.2. The van der Waals surface area contributed by atoms with Gasteiger partial charge in [-0.25, -0.2) is 9.97 Å². The predicted octanol–water partition coefficient (Wildman–Crippen LogP) is 3.62. The molecule has 0 spiro atoms. The molecule has 126 valence electrons. The molecule has 6 heteroatoms. The second-order valence-corrected chi connectivity index (χ2v) is 6.18. The van der Waals surface area contributed by atoms with Gasteiger partial charge in [0.1, 0.15) is 17.7 Å². The monoisotopic (exact) mass is 340 g/mol. The summed E-state index contributed by atoms with van der Waals surface area (Å²) in [5, 5.41) is 18.9. The van der Waals surface area contributed by atoms with Crippen molar-refractivity contribution in [2.45, 2.75) is 26.7 Å². The third kappa shape index (κ3) is 2.17. The molecular formula is C20H16N6. The molecule has 4 rings (SSSR count). The minimum absolute atomic E-state index is 0.380. The highest BCUT2D eigenvalue weighted by Crippen LogP contribution is 2.31. The normalized spacial score (nSPS) is 10.9. The van der Waals surface area contributed by atoms with Gasteiger partial charge in [-0.3, -0.25) is 8.97 Å². The molecule has 6 nitrogen and oxygen atoms in total. The summed E-state index contributed by atoms with van der Waals surface area (Å²) in [6, 6.07) is 12.4. The first-order valence-corrected chi connectivity index (χ1v) is 8.37. The fraction of sp³-hybridized carbons (Fsp3) is 0.200. The number of imidazole rings is 2. The molecule has 0 radical (unpaired) electrons. The number of aryl methyl sites for hydroxylation is 1. The Bertz CT molecular complexity index is 1230. The van der Waals surface area contributed by atoms with Crippen molar-refractivity contribution in [3.63, 3.8) is 0 Å². The fourth-order valence-corrected chi connectivity index (χ4v) is 3.50. The summed E-state index contributed by atoms with van der Waals surface area (Å²) in [6.45, 7) is 3.87. The Balaban J connectivity index is 2.26. The maximum absolute atomic E-state index is 9.78. The molecular weight excluding hydrogens is 324 g/mol. The van der Waals surface area contributed by atoms with Crippen LogP contribution in [0, 0.1) is 36.5 Å². The highest BCUT2D eigenvalue weighted by Gasteiger charge is 2.22. The van der Waals surface area contributed by atoms with Gasteiger partial charge in [0, 0.05) is 18.8 Å². The van der Waals surface area contributed by atoms with E-state index in [1.165, 1.54) is 0 Å². The SMILES string of the molecule is Cc1c(CCC#N)c(-n2ccnc2C)n2c(nc3ccccc32)c1C#N. The summed E-state index contributed by atoms with van der Waals surface area (Å²) in [6.07, 6.45) is 4.60. The molecule has 1 aromatic carbocycles. The van der Waals surface area contributed by atoms with E-state index in [1.54, 1.807) is 6.20 Å². The third-order valence-electron chi connectivity index (χ3n) is 4.75. The van der Waals surface area contributed by atoms with Crippen LogP contribution in [0.1, 0.15) is 28.9 Å². The Morgan fingerprint density at radius 3 is 2.65 bits per heavy atom. The largest absolute Gasteiger partial charge is 0.289 e. The molecule has 0 saturated carbocycles. The van der Waals surface area contributed by atoms with Crippen molar-refractivity contribution in [2.24, 2.45) is 0 Å². The molecule has 0 amide bonds. The second-order valence-electron chi connectivity index (χ2n) is 6.18. The summed E-state index contributed by atoms with van der Waals surface area (Å²) in [4.78, 5) is 9.07. The van der Waals surface area contributed by atoms with E-state index in [4.69, 9.17) is 10.2 Å². The molecule has 0 aliphatic rings. The molecule has 0 fully saturated rings. The molecule has 0 saturated heterocycles. The van der Waals surface area contributed by atoms with Gasteiger partial charge in [0.05, 0.1) is 22.7 Å². The molecule has 4 aromatic rings. The number of fused-ring (bicyclic) bond motifs is 3. The van der Waals surface area contributed by atoms with E-state index in [1.807, 2.05) is 53.3 Å². The number of nitrogens with zero attached hydrogens (tertiary/aromatic N) is 6. The molecule has 0 bridgehead atoms. The van der Waals surface area contributed by atoms with Crippen LogP contribution < -0.4 is 0 Å². The molecule has 0 aliphatic heterocycles. The number of hydrogen-bond acceptors (Lipinski definition) is 4. The highest BCUT2D eigenvalue weighted by molar-refractivity contribution is 5.85. The quantitative estimate of drug-likeness (QED) is 0.570. The second kappa shape index (κ2) is 6.02. The minimum Gasteiger partial charge on any atom is -0.289 e. The number of benzene rings is 1. The van der Waals surface area contributed by atoms with Gasteiger partial charge in [-0.15, -0.1) is 0 Å². The van der Waals surface area contributed by atoms with Crippen molar-refractivity contribution in [3.05, 3.63) is 59.2 Å². The lowest BCUT2D eigenvalue weighted by atomic mass is 10.0. The molecule has 0 N–H and O–H groups in total. The van der Waals surface area contributed by atoms with Crippen LogP contribution >= 0.6 is 0 Å². The maximum Gasteiger partial charge on any atom is 0.157 e. The summed E-state index contributed by atoms with van der Waals surface area (Å²) in [5.74, 6) is 1.74. The Kier molecular flexibility index (Phi) is 3.67. The van der Waals surface area contributed by atoms with Gasteiger partial charge in [0.15, 0.2) is 5.65 Å². The van der Waals surface area contributed by atoms with Crippen molar-refractivity contribution in [1.29, 1.82) is 10.5 Å². The standard InChI is InChI=1S/C20H16N6/c1-13-15(6-5-9-21)20(25-11-10-23-14(25)2)26-18-8-4-3-7-17(18)24-19(26)16(13)12-22/h3-4,7-8,10-11H,5-6H2,1-2H3. The molecule has 3 heterocycles. The van der Waals surface area contributed by atoms with Gasteiger partial charge in [0.25, 0.3) is 0 Å². The van der Waals surface area contributed by atoms with Crippen LogP contribution in [0.3, 0.4) is 0 Å². The van der Waals surface area contributed by atoms with Crippen molar-refractivity contribution < 1.29 is 0 Å². The number of para-hydroxylation sites is 2. The van der Waals surface area contributed by atoms with Crippen LogP contribution in [-0.2, 0) is 6.42 Å². The van der Waals surface area contributed by atoms with Gasteiger partial charge in [-0.2, -0.15) is 10.5 Å². The zero-order valence-corrected chi connectivity index (χ0v) is 14.6. The average Bonchev–Trinajstić information content (AvgIpc) is 3.23. The zero-order chi connectivity index (χ0) is 18.3. The fourth-order valence-electron chi connectivity index (χ4n) is 3.50. The lowest BCUT2D eigenvalue weighted by Gasteiger charge is -2.18. The molecule has 3 aromatic heterocycles. The van der Waals surface area contributed by atoms with Crippen LogP contribution in [0.4, 0.5) is 0 Å². The number of pyridine rings is 1. The Morgan fingerprint density at radius 2 is 1.96 bits per heavy atom. The summed E-state index contributed by atoms with van der Waals surface area (Å²) in [7, 11) is 0. The summed E-state index contributed by atoms with van der Waals surface area (Å²) in [5.41, 5.74) is 4.79. The number of hydrogen-bond donors (Lipinski definition) is 0. The van der Waals surface area contributed by atoms with E-state index in [0.29, 0.717) is 24.1 Å². The maximum atomic E-state index is 9.78. The van der Waals surface area contributed by atoms with E-state index in [-0.39, 0.29) is 0 Å². The topological polar surface area (TPSA) is 82.7 Å². The van der Waals surface area contributed by atoms with Crippen LogP contribution in [0.25, 0.3) is 22.5 Å². The van der Waals surface area contributed by atoms with E-state index >= 15 is 0 Å². The molecule has 0 aliphatic carbocycles. The smallest absolute Gasteiger partial charge is 0.157 e. The summed E-state index contributed by atoms with van der Waals surface area (Å²) < 4.78 is 4.02. The Morgan fingerprint density at radius 1 is 1.15 bits per heavy atom. The van der Waals surface area contributed by atoms with Crippen LogP contribution in [0.2, 0.25) is 0 Å². The Hall–Kier alpha value is -3.64. The van der Waals surface area contributed by atoms with Gasteiger partial charge in [-0.1, -0.05) is 12.1 Å². The minimum atomic E-state index is 0.380. The van der Waals surface area contributed by atoms with Crippen molar-refractivity contribution in [2.75, 3.05) is 0 Å². The van der Waals surface area contributed by atoms with Gasteiger partial charge in [-0.05, 0) is 43.5 Å². The van der Waals surface area contributed by atoms with E-state index in [0.717, 1.165) is 33.8 Å². The van der Waals surface area contributed by atoms with Gasteiger partial charge < -0.3 is 0 Å². The van der Waals surface area contributed by atoms with Crippen LogP contribution in [-0.4, -0.2) is 18.9 Å². The Labute approximate surface area is 150 Å². The lowest BCUT2D eigenvalue weighted by Crippen LogP contribution is -2.12. The number of rotatable bonds is 3. The van der Waals surface area contributed by atoms with E-state index in [9.17, 15) is 5.26 Å². The van der Waals surface area contributed by atoms with Crippen molar-refractivity contribution in [3.8, 4) is 18.0 Å². The van der Waals surface area contributed by atoms with Crippen molar-refractivity contribution >= 4 is 16.7 Å². The zero-order valence-electron chi connectivity index (χ0n) is 14.6. The molecule has 0 atom stereocenters. The predicted molar refractivity (Wildman–Crippen MR) is 97.9 cm³/mol. The van der Waals surface area contributed by atoms with Gasteiger partial charge >= 0.3 is 0 Å². The number of aromatic nitrogens is 4. The number of nitriles is 2. The van der Waals surface area contributed by atoms with E-state index < -0.39 is 0 Å². The lowest BCUT2D eigenvalue weighted by molar-refractivity contribution is 0.865. The molecule has 0 unspecified atom stereocenters. The first kappa shape index (κ1) is 15.9. The van der Waals surface area contributed by atoms with E-state index in [2.05, 4.69) is 17.1 Å². The van der Waals surface area contributed by atoms with Crippen molar-refractivity contribution in [1.82, 2.24) is 18.9 Å².